The predicted molar refractivity (Wildman–Crippen MR) is 87.3 cm³/mol. The molecule has 0 bridgehead atoms. The third kappa shape index (κ3) is 2.53. The molecule has 0 aromatic carbocycles. The molecule has 18 heavy (non-hydrogen) atoms. The zero-order chi connectivity index (χ0) is 12.2. The summed E-state index contributed by atoms with van der Waals surface area (Å²) in [4.78, 5) is 3.43. The molecule has 1 aromatic heterocycles. The van der Waals surface area contributed by atoms with Crippen LogP contribution in [0.15, 0.2) is 39.8 Å². The maximum absolute atomic E-state index is 4.84. The Morgan fingerprint density at radius 1 is 1.17 bits per heavy atom. The number of halogens is 2. The molecule has 0 spiro atoms. The van der Waals surface area contributed by atoms with Gasteiger partial charge < -0.3 is 0 Å². The van der Waals surface area contributed by atoms with Gasteiger partial charge in [0.1, 0.15) is 0 Å². The number of hydrogen-bond donors (Lipinski definition) is 1. The molecule has 0 unspecified atom stereocenters. The summed E-state index contributed by atoms with van der Waals surface area (Å²) in [7, 11) is 0. The van der Waals surface area contributed by atoms with Crippen molar-refractivity contribution in [3.8, 4) is 0 Å². The zero-order valence-electron chi connectivity index (χ0n) is 11.7. The van der Waals surface area contributed by atoms with Crippen LogP contribution in [0.3, 0.4) is 0 Å². The van der Waals surface area contributed by atoms with Gasteiger partial charge in [0.25, 0.3) is 0 Å². The third-order valence-electron chi connectivity index (χ3n) is 4.44. The molecule has 0 atom stereocenters. The van der Waals surface area contributed by atoms with Gasteiger partial charge in [0.15, 0.2) is 0 Å². The topological polar surface area (TPSA) is 15.8 Å². The van der Waals surface area contributed by atoms with Crippen molar-refractivity contribution in [1.82, 2.24) is 4.98 Å². The second-order valence-corrected chi connectivity index (χ2v) is 46.1. The molecule has 1 aromatic rings. The SMILES string of the molecule is Cl.Cl.[CH2]=[Zr]([CH3])([CH3])([CH3])([CH3])([C]1=CC=CC1)[c]1ccc[nH]1. The van der Waals surface area contributed by atoms with E-state index >= 15 is 0 Å². The molecule has 0 fully saturated rings. The van der Waals surface area contributed by atoms with E-state index in [2.05, 4.69) is 53.9 Å². The Hall–Kier alpha value is 0.0931. The normalized spacial score (nSPS) is 20.4. The first-order valence-electron chi connectivity index (χ1n) is 6.06. The molecule has 0 saturated carbocycles. The number of allylic oxidation sites excluding steroid dienone is 4. The fraction of sp³-hybridized carbons (Fsp3) is 0.357. The Bertz CT molecular complexity index is 606. The molecule has 0 amide bonds. The van der Waals surface area contributed by atoms with Crippen molar-refractivity contribution in [2.45, 2.75) is 24.9 Å². The van der Waals surface area contributed by atoms with Crippen LogP contribution in [0, 0.1) is 0 Å². The van der Waals surface area contributed by atoms with Gasteiger partial charge >= 0.3 is 92.7 Å². The van der Waals surface area contributed by atoms with Gasteiger partial charge in [-0.25, -0.2) is 0 Å². The van der Waals surface area contributed by atoms with Crippen LogP contribution in [0.4, 0.5) is 0 Å². The molecule has 1 N–H and O–H groups in total. The molecule has 0 saturated heterocycles. The molecule has 1 heterocycles. The van der Waals surface area contributed by atoms with Crippen molar-refractivity contribution < 1.29 is 15.3 Å². The van der Waals surface area contributed by atoms with E-state index in [4.69, 9.17) is 4.21 Å². The third-order valence-corrected chi connectivity index (χ3v) is 21.2. The number of aromatic nitrogens is 1. The van der Waals surface area contributed by atoms with E-state index in [0.717, 1.165) is 6.42 Å². The summed E-state index contributed by atoms with van der Waals surface area (Å²) >= 11 is -4.17. The number of H-pyrrole nitrogens is 1. The molecule has 4 heteroatoms. The van der Waals surface area contributed by atoms with Crippen LogP contribution < -0.4 is 3.40 Å². The minimum atomic E-state index is -4.17. The maximum atomic E-state index is 4.84. The summed E-state index contributed by atoms with van der Waals surface area (Å²) in [6.45, 7) is 0. The summed E-state index contributed by atoms with van der Waals surface area (Å²) in [5, 5.41) is 0. The summed E-state index contributed by atoms with van der Waals surface area (Å²) < 4.78 is 17.3. The van der Waals surface area contributed by atoms with Crippen molar-refractivity contribution in [2.75, 3.05) is 0 Å². The first-order chi connectivity index (χ1) is 6.96. The van der Waals surface area contributed by atoms with Gasteiger partial charge in [-0.2, -0.15) is 0 Å². The molecule has 1 nitrogen and oxygen atoms in total. The summed E-state index contributed by atoms with van der Waals surface area (Å²) in [6, 6.07) is 4.28. The van der Waals surface area contributed by atoms with Crippen molar-refractivity contribution >= 4 is 32.4 Å². The second kappa shape index (κ2) is 3.59. The number of nitrogens with one attached hydrogen (secondary N) is 1. The first kappa shape index (κ1) is 18.1. The van der Waals surface area contributed by atoms with Gasteiger partial charge in [-0.15, -0.1) is 24.8 Å². The quantitative estimate of drug-likeness (QED) is 0.777. The summed E-state index contributed by atoms with van der Waals surface area (Å²) in [5.74, 6) is 0. The van der Waals surface area contributed by atoms with Gasteiger partial charge in [0.05, 0.1) is 0 Å². The molecule has 0 aliphatic heterocycles. The predicted octanol–water partition coefficient (Wildman–Crippen LogP) is 4.71. The fourth-order valence-electron chi connectivity index (χ4n) is 2.73. The zero-order valence-corrected chi connectivity index (χ0v) is 15.8. The van der Waals surface area contributed by atoms with Crippen LogP contribution in [0.2, 0.25) is 18.5 Å². The standard InChI is InChI=1S/C5H5.C4H4N.4CH3.CH2.2ClH.Zr/c2*1-2-4-5-3-1;;;;;;;;/h1-3H,4H2;1-3,5H;4*1H3;1H2;2*1H;. The Morgan fingerprint density at radius 3 is 2.17 bits per heavy atom. The molecular formula is C14H25Cl2NZr. The van der Waals surface area contributed by atoms with Gasteiger partial charge in [0.2, 0.25) is 0 Å². The Labute approximate surface area is 117 Å². The van der Waals surface area contributed by atoms with Gasteiger partial charge in [-0.05, 0) is 0 Å². The van der Waals surface area contributed by atoms with Crippen LogP contribution in [-0.2, 0) is 15.3 Å². The summed E-state index contributed by atoms with van der Waals surface area (Å²) in [5.41, 5.74) is 0. The van der Waals surface area contributed by atoms with E-state index < -0.39 is 15.3 Å². The molecule has 1 aliphatic carbocycles. The van der Waals surface area contributed by atoms with E-state index in [1.165, 1.54) is 6.68 Å². The average Bonchev–Trinajstić information content (AvgIpc) is 2.76. The van der Waals surface area contributed by atoms with Gasteiger partial charge in [0, 0.05) is 0 Å². The van der Waals surface area contributed by atoms with Gasteiger partial charge in [-0.1, -0.05) is 0 Å². The second-order valence-electron chi connectivity index (χ2n) is 9.30. The van der Waals surface area contributed by atoms with E-state index in [-0.39, 0.29) is 24.8 Å². The van der Waals surface area contributed by atoms with Crippen LogP contribution >= 0.6 is 24.8 Å². The van der Waals surface area contributed by atoms with E-state index in [9.17, 15) is 0 Å². The van der Waals surface area contributed by atoms with E-state index in [0.29, 0.717) is 0 Å². The molecule has 104 valence electrons. The van der Waals surface area contributed by atoms with Crippen molar-refractivity contribution in [2.24, 2.45) is 0 Å². The van der Waals surface area contributed by atoms with Crippen molar-refractivity contribution in [3.63, 3.8) is 0 Å². The first-order valence-corrected chi connectivity index (χ1v) is 20.1. The number of aromatic amines is 1. The van der Waals surface area contributed by atoms with Crippen LogP contribution in [0.25, 0.3) is 0 Å². The van der Waals surface area contributed by atoms with Crippen molar-refractivity contribution in [3.05, 3.63) is 39.8 Å². The fourth-order valence-corrected chi connectivity index (χ4v) is 13.3. The number of rotatable bonds is 2. The van der Waals surface area contributed by atoms with Crippen LogP contribution in [0.5, 0.6) is 0 Å². The Kier molecular flexibility index (Phi) is 3.61. The van der Waals surface area contributed by atoms with E-state index in [1.54, 1.807) is 0 Å². The molecule has 1 aliphatic rings. The Morgan fingerprint density at radius 2 is 1.78 bits per heavy atom. The monoisotopic (exact) mass is 367 g/mol. The van der Waals surface area contributed by atoms with Crippen LogP contribution in [-0.4, -0.2) is 9.20 Å². The van der Waals surface area contributed by atoms with E-state index in [1.807, 2.05) is 6.20 Å². The van der Waals surface area contributed by atoms with Crippen LogP contribution in [0.1, 0.15) is 6.42 Å². The van der Waals surface area contributed by atoms with Crippen molar-refractivity contribution in [1.29, 1.82) is 0 Å². The average molecular weight is 369 g/mol. The minimum absolute atomic E-state index is 0. The van der Waals surface area contributed by atoms with Gasteiger partial charge in [-0.3, -0.25) is 0 Å². The molecule has 0 radical (unpaired) electrons. The molecule has 2 rings (SSSR count). The number of hydrogen-bond acceptors (Lipinski definition) is 0. The molecular weight excluding hydrogens is 344 g/mol. The Balaban J connectivity index is 0.00000144. The summed E-state index contributed by atoms with van der Waals surface area (Å²) in [6.07, 6.45) is 9.72.